The second-order valence-corrected chi connectivity index (χ2v) is 6.07. The van der Waals surface area contributed by atoms with Crippen LogP contribution in [0.5, 0.6) is 0 Å². The molecule has 0 N–H and O–H groups in total. The zero-order valence-corrected chi connectivity index (χ0v) is 10.9. The number of rotatable bonds is 4. The molecule has 0 aromatic carbocycles. The van der Waals surface area contributed by atoms with E-state index in [1.807, 2.05) is 12.1 Å². The maximum atomic E-state index is 11.7. The van der Waals surface area contributed by atoms with Crippen LogP contribution < -0.4 is 0 Å². The van der Waals surface area contributed by atoms with E-state index in [1.165, 1.54) is 0 Å². The second-order valence-electron chi connectivity index (χ2n) is 3.52. The summed E-state index contributed by atoms with van der Waals surface area (Å²) in [5, 5.41) is 0. The highest BCUT2D eigenvalue weighted by molar-refractivity contribution is 9.11. The summed E-state index contributed by atoms with van der Waals surface area (Å²) in [4.78, 5) is 12.8. The van der Waals surface area contributed by atoms with Crippen LogP contribution in [0.4, 0.5) is 0 Å². The van der Waals surface area contributed by atoms with Gasteiger partial charge in [-0.25, -0.2) is 0 Å². The first-order valence-electron chi connectivity index (χ1n) is 4.28. The summed E-state index contributed by atoms with van der Waals surface area (Å²) in [7, 11) is 1.56. The van der Waals surface area contributed by atoms with Gasteiger partial charge in [-0.2, -0.15) is 0 Å². The normalized spacial score (nSPS) is 11.7. The van der Waals surface area contributed by atoms with Crippen LogP contribution in [-0.2, 0) is 16.0 Å². The molecule has 0 spiro atoms. The quantitative estimate of drug-likeness (QED) is 0.845. The Kier molecular flexibility index (Phi) is 3.86. The van der Waals surface area contributed by atoms with E-state index in [9.17, 15) is 4.79 Å². The van der Waals surface area contributed by atoms with Gasteiger partial charge in [0.1, 0.15) is 5.60 Å². The number of methoxy groups -OCH3 is 1. The van der Waals surface area contributed by atoms with Crippen LogP contribution in [0.25, 0.3) is 0 Å². The van der Waals surface area contributed by atoms with Crippen molar-refractivity contribution >= 4 is 33.0 Å². The Labute approximate surface area is 96.4 Å². The fourth-order valence-electron chi connectivity index (χ4n) is 0.932. The lowest BCUT2D eigenvalue weighted by atomic mass is 10.0. The molecule has 1 rings (SSSR count). The first-order chi connectivity index (χ1) is 6.45. The number of Topliss-reactive ketones (excluding diaryl/α,β-unsaturated/α-hetero) is 1. The minimum Gasteiger partial charge on any atom is -0.371 e. The van der Waals surface area contributed by atoms with Gasteiger partial charge in [-0.15, -0.1) is 11.3 Å². The summed E-state index contributed by atoms with van der Waals surface area (Å²) in [5.41, 5.74) is -0.684. The SMILES string of the molecule is COC(C)(C)C(=O)Cc1ccc(Br)s1. The van der Waals surface area contributed by atoms with E-state index < -0.39 is 5.60 Å². The predicted molar refractivity (Wildman–Crippen MR) is 61.8 cm³/mol. The van der Waals surface area contributed by atoms with Crippen LogP contribution in [0.1, 0.15) is 18.7 Å². The van der Waals surface area contributed by atoms with Crippen molar-refractivity contribution in [3.05, 3.63) is 20.8 Å². The topological polar surface area (TPSA) is 26.3 Å². The monoisotopic (exact) mass is 276 g/mol. The molecular weight excluding hydrogens is 264 g/mol. The van der Waals surface area contributed by atoms with Crippen LogP contribution in [0, 0.1) is 0 Å². The molecule has 0 amide bonds. The van der Waals surface area contributed by atoms with E-state index in [-0.39, 0.29) is 5.78 Å². The molecule has 0 saturated carbocycles. The van der Waals surface area contributed by atoms with E-state index in [0.29, 0.717) is 6.42 Å². The molecule has 0 radical (unpaired) electrons. The van der Waals surface area contributed by atoms with Crippen molar-refractivity contribution in [2.75, 3.05) is 7.11 Å². The van der Waals surface area contributed by atoms with E-state index in [2.05, 4.69) is 15.9 Å². The van der Waals surface area contributed by atoms with Gasteiger partial charge < -0.3 is 4.74 Å². The van der Waals surface area contributed by atoms with Gasteiger partial charge in [0.05, 0.1) is 3.79 Å². The number of hydrogen-bond donors (Lipinski definition) is 0. The minimum absolute atomic E-state index is 0.106. The number of hydrogen-bond acceptors (Lipinski definition) is 3. The van der Waals surface area contributed by atoms with Crippen molar-refractivity contribution in [3.8, 4) is 0 Å². The molecule has 0 bridgehead atoms. The number of ether oxygens (including phenoxy) is 1. The van der Waals surface area contributed by atoms with Crippen molar-refractivity contribution in [1.29, 1.82) is 0 Å². The van der Waals surface area contributed by atoms with Crippen molar-refractivity contribution in [1.82, 2.24) is 0 Å². The molecule has 78 valence electrons. The number of carbonyl (C=O) groups excluding carboxylic acids is 1. The number of ketones is 1. The standard InChI is InChI=1S/C10H13BrO2S/c1-10(2,13-3)8(12)6-7-4-5-9(11)14-7/h4-5H,6H2,1-3H3. The molecule has 0 aliphatic rings. The van der Waals surface area contributed by atoms with Crippen molar-refractivity contribution < 1.29 is 9.53 Å². The van der Waals surface area contributed by atoms with Gasteiger partial charge in [-0.3, -0.25) is 4.79 Å². The summed E-state index contributed by atoms with van der Waals surface area (Å²) in [6.07, 6.45) is 0.442. The molecule has 2 nitrogen and oxygen atoms in total. The average Bonchev–Trinajstić information content (AvgIpc) is 2.51. The van der Waals surface area contributed by atoms with E-state index in [1.54, 1.807) is 32.3 Å². The molecule has 0 aliphatic carbocycles. The molecule has 4 heteroatoms. The third-order valence-corrected chi connectivity index (χ3v) is 3.77. The minimum atomic E-state index is -0.684. The van der Waals surface area contributed by atoms with E-state index in [0.717, 1.165) is 8.66 Å². The summed E-state index contributed by atoms with van der Waals surface area (Å²) in [6, 6.07) is 3.91. The average molecular weight is 277 g/mol. The molecule has 0 atom stereocenters. The number of carbonyl (C=O) groups is 1. The molecule has 0 saturated heterocycles. The Morgan fingerprint density at radius 1 is 1.57 bits per heavy atom. The van der Waals surface area contributed by atoms with Gasteiger partial charge in [0.25, 0.3) is 0 Å². The van der Waals surface area contributed by atoms with Gasteiger partial charge in [-0.05, 0) is 41.9 Å². The highest BCUT2D eigenvalue weighted by atomic mass is 79.9. The lowest BCUT2D eigenvalue weighted by Gasteiger charge is -2.20. The fourth-order valence-corrected chi connectivity index (χ4v) is 2.41. The smallest absolute Gasteiger partial charge is 0.169 e. The van der Waals surface area contributed by atoms with Gasteiger partial charge in [0.2, 0.25) is 0 Å². The van der Waals surface area contributed by atoms with Crippen LogP contribution >= 0.6 is 27.3 Å². The zero-order chi connectivity index (χ0) is 10.8. The number of thiophene rings is 1. The van der Waals surface area contributed by atoms with Gasteiger partial charge >= 0.3 is 0 Å². The summed E-state index contributed by atoms with van der Waals surface area (Å²) in [6.45, 7) is 3.58. The van der Waals surface area contributed by atoms with Crippen LogP contribution in [-0.4, -0.2) is 18.5 Å². The van der Waals surface area contributed by atoms with Crippen LogP contribution in [0.3, 0.4) is 0 Å². The first-order valence-corrected chi connectivity index (χ1v) is 5.89. The largest absolute Gasteiger partial charge is 0.371 e. The van der Waals surface area contributed by atoms with Crippen molar-refractivity contribution in [2.24, 2.45) is 0 Å². The molecule has 1 aromatic rings. The Hall–Kier alpha value is -0.190. The lowest BCUT2D eigenvalue weighted by Crippen LogP contribution is -2.34. The lowest BCUT2D eigenvalue weighted by molar-refractivity contribution is -0.136. The summed E-state index contributed by atoms with van der Waals surface area (Å²) < 4.78 is 6.17. The van der Waals surface area contributed by atoms with Crippen LogP contribution in [0.2, 0.25) is 0 Å². The second kappa shape index (κ2) is 4.55. The first kappa shape index (κ1) is 11.9. The van der Waals surface area contributed by atoms with Gasteiger partial charge in [-0.1, -0.05) is 0 Å². The molecule has 0 aliphatic heterocycles. The maximum absolute atomic E-state index is 11.7. The van der Waals surface area contributed by atoms with Gasteiger partial charge in [0.15, 0.2) is 5.78 Å². The van der Waals surface area contributed by atoms with E-state index in [4.69, 9.17) is 4.74 Å². The molecule has 14 heavy (non-hydrogen) atoms. The van der Waals surface area contributed by atoms with Crippen molar-refractivity contribution in [2.45, 2.75) is 25.9 Å². The molecule has 0 unspecified atom stereocenters. The highest BCUT2D eigenvalue weighted by Gasteiger charge is 2.26. The molecule has 1 heterocycles. The van der Waals surface area contributed by atoms with Crippen molar-refractivity contribution in [3.63, 3.8) is 0 Å². The third kappa shape index (κ3) is 2.90. The Morgan fingerprint density at radius 2 is 2.21 bits per heavy atom. The highest BCUT2D eigenvalue weighted by Crippen LogP contribution is 2.24. The fraction of sp³-hybridized carbons (Fsp3) is 0.500. The summed E-state index contributed by atoms with van der Waals surface area (Å²) >= 11 is 4.95. The van der Waals surface area contributed by atoms with Gasteiger partial charge in [0, 0.05) is 18.4 Å². The summed E-state index contributed by atoms with van der Waals surface area (Å²) in [5.74, 6) is 0.106. The zero-order valence-electron chi connectivity index (χ0n) is 8.46. The molecule has 1 aromatic heterocycles. The predicted octanol–water partition coefficient (Wildman–Crippen LogP) is 3.05. The Balaban J connectivity index is 2.66. The van der Waals surface area contributed by atoms with E-state index >= 15 is 0 Å². The maximum Gasteiger partial charge on any atom is 0.169 e. The Morgan fingerprint density at radius 3 is 2.64 bits per heavy atom. The third-order valence-electron chi connectivity index (χ3n) is 2.15. The Bertz CT molecular complexity index is 331. The van der Waals surface area contributed by atoms with Crippen LogP contribution in [0.15, 0.2) is 15.9 Å². The number of halogens is 1. The molecule has 0 fully saturated rings. The molecular formula is C10H13BrO2S.